The number of aliphatic hydroxyl groups is 1. The Morgan fingerprint density at radius 1 is 1.24 bits per heavy atom. The van der Waals surface area contributed by atoms with Crippen molar-refractivity contribution >= 4 is 17.0 Å². The lowest BCUT2D eigenvalue weighted by atomic mass is 9.95. The average Bonchev–Trinajstić information content (AvgIpc) is 3.23. The zero-order valence-electron chi connectivity index (χ0n) is 23.0. The van der Waals surface area contributed by atoms with Crippen molar-refractivity contribution in [2.24, 2.45) is 18.9 Å². The number of carbonyl (C=O) groups is 1. The molecule has 2 aromatic heterocycles. The van der Waals surface area contributed by atoms with E-state index in [0.29, 0.717) is 51.4 Å². The molecule has 3 heterocycles. The molecule has 3 atom stereocenters. The van der Waals surface area contributed by atoms with Crippen molar-refractivity contribution in [1.29, 1.82) is 0 Å². The first-order valence-electron chi connectivity index (χ1n) is 13.3. The molecular weight excluding hydrogens is 486 g/mol. The van der Waals surface area contributed by atoms with Gasteiger partial charge in [0, 0.05) is 24.4 Å². The number of esters is 1. The molecule has 1 N–H and O–H groups in total. The number of aryl methyl sites for hydroxylation is 3. The lowest BCUT2D eigenvalue weighted by molar-refractivity contribution is -0.153. The maximum atomic E-state index is 12.6. The largest absolute Gasteiger partial charge is 0.465 e. The summed E-state index contributed by atoms with van der Waals surface area (Å²) in [6.07, 6.45) is 1.98. The van der Waals surface area contributed by atoms with Gasteiger partial charge in [0.25, 0.3) is 5.56 Å². The Balaban J connectivity index is 1.64. The Morgan fingerprint density at radius 2 is 2.03 bits per heavy atom. The molecule has 0 spiro atoms. The fourth-order valence-electron chi connectivity index (χ4n) is 4.82. The number of aromatic nitrogens is 3. The summed E-state index contributed by atoms with van der Waals surface area (Å²) >= 11 is 0. The molecule has 1 aliphatic rings. The summed E-state index contributed by atoms with van der Waals surface area (Å²) in [6.45, 7) is 9.97. The van der Waals surface area contributed by atoms with Crippen LogP contribution in [0.1, 0.15) is 38.3 Å². The second-order valence-corrected chi connectivity index (χ2v) is 10.7. The first-order valence-corrected chi connectivity index (χ1v) is 13.3. The number of hydrogen-bond donors (Lipinski definition) is 1. The molecule has 38 heavy (non-hydrogen) atoms. The summed E-state index contributed by atoms with van der Waals surface area (Å²) in [5, 5.41) is 10.2. The maximum absolute atomic E-state index is 12.6. The minimum Gasteiger partial charge on any atom is -0.465 e. The molecule has 0 saturated carbocycles. The lowest BCUT2D eigenvalue weighted by Gasteiger charge is -2.24. The molecular formula is C29H39N3O6. The monoisotopic (exact) mass is 525 g/mol. The standard InChI is InChI=1S/C29H39N3O6/c1-18(2)16-38-29(35)24(20(4)33)8-6-21-7-9-26-25(13-21)30-27(22-12-19(3)28(34)31(5)14-22)32(26)15-23-17-36-10-11-37-23/h7,9,12-14,18,20,23-24,33H,6,8,10-11,15-17H2,1-5H3/t20-,23?,24+/m1/s1. The van der Waals surface area contributed by atoms with E-state index in [4.69, 9.17) is 19.2 Å². The minimum absolute atomic E-state index is 0.0395. The highest BCUT2D eigenvalue weighted by molar-refractivity contribution is 5.81. The zero-order valence-corrected chi connectivity index (χ0v) is 23.0. The second-order valence-electron chi connectivity index (χ2n) is 10.7. The van der Waals surface area contributed by atoms with E-state index in [1.165, 1.54) is 0 Å². The van der Waals surface area contributed by atoms with Crippen LogP contribution >= 0.6 is 0 Å². The highest BCUT2D eigenvalue weighted by Crippen LogP contribution is 2.28. The van der Waals surface area contributed by atoms with Gasteiger partial charge in [-0.05, 0) is 56.4 Å². The molecule has 1 unspecified atom stereocenters. The number of rotatable bonds is 10. The van der Waals surface area contributed by atoms with Gasteiger partial charge in [-0.25, -0.2) is 4.98 Å². The highest BCUT2D eigenvalue weighted by Gasteiger charge is 2.26. The Kier molecular flexibility index (Phi) is 9.02. The summed E-state index contributed by atoms with van der Waals surface area (Å²) < 4.78 is 20.6. The Bertz CT molecular complexity index is 1290. The van der Waals surface area contributed by atoms with Crippen LogP contribution in [0.5, 0.6) is 0 Å². The van der Waals surface area contributed by atoms with Crippen LogP contribution in [0, 0.1) is 18.8 Å². The number of pyridine rings is 1. The number of carbonyl (C=O) groups excluding carboxylic acids is 1. The van der Waals surface area contributed by atoms with Gasteiger partial charge in [0.2, 0.25) is 0 Å². The molecule has 9 heteroatoms. The van der Waals surface area contributed by atoms with Gasteiger partial charge >= 0.3 is 5.97 Å². The lowest BCUT2D eigenvalue weighted by Crippen LogP contribution is -2.32. The van der Waals surface area contributed by atoms with Gasteiger partial charge in [0.05, 0.1) is 62.1 Å². The minimum atomic E-state index is -0.796. The Labute approximate surface area is 223 Å². The zero-order chi connectivity index (χ0) is 27.4. The Hall–Kier alpha value is -3.01. The molecule has 0 amide bonds. The van der Waals surface area contributed by atoms with Crippen LogP contribution < -0.4 is 5.56 Å². The third kappa shape index (κ3) is 6.51. The number of fused-ring (bicyclic) bond motifs is 1. The summed E-state index contributed by atoms with van der Waals surface area (Å²) in [5.74, 6) is 0.0431. The molecule has 1 aromatic carbocycles. The Morgan fingerprint density at radius 3 is 2.68 bits per heavy atom. The van der Waals surface area contributed by atoms with Gasteiger partial charge in [-0.1, -0.05) is 19.9 Å². The summed E-state index contributed by atoms with van der Waals surface area (Å²) in [7, 11) is 1.74. The van der Waals surface area contributed by atoms with Crippen molar-refractivity contribution in [3.8, 4) is 11.4 Å². The van der Waals surface area contributed by atoms with Crippen LogP contribution in [-0.4, -0.2) is 63.8 Å². The van der Waals surface area contributed by atoms with Crippen molar-refractivity contribution < 1.29 is 24.1 Å². The molecule has 9 nitrogen and oxygen atoms in total. The topological polar surface area (TPSA) is 105 Å². The summed E-state index contributed by atoms with van der Waals surface area (Å²) in [6, 6.07) is 7.97. The fourth-order valence-corrected chi connectivity index (χ4v) is 4.82. The third-order valence-corrected chi connectivity index (χ3v) is 6.89. The van der Waals surface area contributed by atoms with E-state index in [0.717, 1.165) is 28.0 Å². The average molecular weight is 526 g/mol. The van der Waals surface area contributed by atoms with Crippen LogP contribution in [0.15, 0.2) is 35.3 Å². The third-order valence-electron chi connectivity index (χ3n) is 6.89. The van der Waals surface area contributed by atoms with E-state index in [2.05, 4.69) is 4.57 Å². The first kappa shape index (κ1) is 28.0. The number of hydrogen-bond acceptors (Lipinski definition) is 7. The van der Waals surface area contributed by atoms with Gasteiger partial charge in [0.1, 0.15) is 5.82 Å². The summed E-state index contributed by atoms with van der Waals surface area (Å²) in [5.41, 5.74) is 4.24. The smallest absolute Gasteiger partial charge is 0.311 e. The van der Waals surface area contributed by atoms with E-state index < -0.39 is 12.0 Å². The first-order chi connectivity index (χ1) is 18.1. The van der Waals surface area contributed by atoms with Crippen molar-refractivity contribution in [1.82, 2.24) is 14.1 Å². The normalized spacial score (nSPS) is 17.6. The number of benzene rings is 1. The van der Waals surface area contributed by atoms with Gasteiger partial charge < -0.3 is 28.5 Å². The molecule has 4 rings (SSSR count). The van der Waals surface area contributed by atoms with Crippen LogP contribution in [-0.2, 0) is 39.0 Å². The highest BCUT2D eigenvalue weighted by atomic mass is 16.6. The number of imidazole rings is 1. The quantitative estimate of drug-likeness (QED) is 0.405. The predicted octanol–water partition coefficient (Wildman–Crippen LogP) is 3.25. The molecule has 0 radical (unpaired) electrons. The molecule has 206 valence electrons. The number of aliphatic hydroxyl groups excluding tert-OH is 1. The maximum Gasteiger partial charge on any atom is 0.311 e. The van der Waals surface area contributed by atoms with E-state index >= 15 is 0 Å². The van der Waals surface area contributed by atoms with Crippen molar-refractivity contribution in [2.45, 2.75) is 59.3 Å². The van der Waals surface area contributed by atoms with E-state index in [1.54, 1.807) is 25.5 Å². The molecule has 1 aliphatic heterocycles. The molecule has 1 fully saturated rings. The van der Waals surface area contributed by atoms with Crippen LogP contribution in [0.25, 0.3) is 22.4 Å². The number of ether oxygens (including phenoxy) is 3. The van der Waals surface area contributed by atoms with Crippen molar-refractivity contribution in [2.75, 3.05) is 26.4 Å². The SMILES string of the molecule is Cc1cc(-c2nc3cc(CC[C@H](C(=O)OCC(C)C)[C@@H](C)O)ccc3n2CC2COCCO2)cn(C)c1=O. The van der Waals surface area contributed by atoms with Crippen LogP contribution in [0.2, 0.25) is 0 Å². The van der Waals surface area contributed by atoms with Crippen LogP contribution in [0.3, 0.4) is 0 Å². The van der Waals surface area contributed by atoms with E-state index in [9.17, 15) is 14.7 Å². The predicted molar refractivity (Wildman–Crippen MR) is 145 cm³/mol. The second kappa shape index (κ2) is 12.2. The molecule has 0 bridgehead atoms. The van der Waals surface area contributed by atoms with Crippen LogP contribution in [0.4, 0.5) is 0 Å². The van der Waals surface area contributed by atoms with E-state index in [1.807, 2.05) is 44.3 Å². The summed E-state index contributed by atoms with van der Waals surface area (Å²) in [4.78, 5) is 29.8. The molecule has 1 saturated heterocycles. The van der Waals surface area contributed by atoms with Gasteiger partial charge in [0.15, 0.2) is 0 Å². The van der Waals surface area contributed by atoms with Crippen molar-refractivity contribution in [3.63, 3.8) is 0 Å². The van der Waals surface area contributed by atoms with Crippen molar-refractivity contribution in [3.05, 3.63) is 51.9 Å². The number of nitrogens with zero attached hydrogens (tertiary/aromatic N) is 3. The van der Waals surface area contributed by atoms with Gasteiger partial charge in [-0.3, -0.25) is 9.59 Å². The van der Waals surface area contributed by atoms with Gasteiger partial charge in [-0.15, -0.1) is 0 Å². The molecule has 0 aliphatic carbocycles. The van der Waals surface area contributed by atoms with E-state index in [-0.39, 0.29) is 23.6 Å². The molecule has 3 aromatic rings. The van der Waals surface area contributed by atoms with Gasteiger partial charge in [-0.2, -0.15) is 0 Å². The fraction of sp³-hybridized carbons (Fsp3) is 0.552.